The van der Waals surface area contributed by atoms with Gasteiger partial charge in [0.15, 0.2) is 0 Å². The normalized spacial score (nSPS) is 17.1. The number of carbonyl (C=O) groups excluding carboxylic acids is 2. The van der Waals surface area contributed by atoms with Crippen molar-refractivity contribution in [3.8, 4) is 0 Å². The SMILES string of the molecule is CC(C)(C)OC(CNC(=O)OCc1ccccc1)[C@@H]1Cc2ccccc2NC1=O. The Labute approximate surface area is 171 Å². The number of nitrogens with one attached hydrogen (secondary N) is 2. The van der Waals surface area contributed by atoms with Crippen LogP contribution in [-0.4, -0.2) is 30.3 Å². The van der Waals surface area contributed by atoms with E-state index in [1.165, 1.54) is 0 Å². The summed E-state index contributed by atoms with van der Waals surface area (Å²) in [4.78, 5) is 24.9. The van der Waals surface area contributed by atoms with Crippen LogP contribution in [0.2, 0.25) is 0 Å². The number of hydrogen-bond acceptors (Lipinski definition) is 4. The molecule has 6 nitrogen and oxygen atoms in total. The zero-order valence-electron chi connectivity index (χ0n) is 17.1. The molecule has 2 N–H and O–H groups in total. The summed E-state index contributed by atoms with van der Waals surface area (Å²) < 4.78 is 11.4. The maximum Gasteiger partial charge on any atom is 0.407 e. The van der Waals surface area contributed by atoms with Crippen LogP contribution in [0.5, 0.6) is 0 Å². The standard InChI is InChI=1S/C23H28N2O4/c1-23(2,3)29-20(14-24-22(27)28-15-16-9-5-4-6-10-16)18-13-17-11-7-8-12-19(17)25-21(18)26/h4-12,18,20H,13-15H2,1-3H3,(H,24,27)(H,25,26)/t18-,20?/m0/s1. The first-order valence-corrected chi connectivity index (χ1v) is 9.83. The van der Waals surface area contributed by atoms with E-state index in [0.717, 1.165) is 16.8 Å². The number of carbonyl (C=O) groups is 2. The van der Waals surface area contributed by atoms with E-state index < -0.39 is 23.7 Å². The number of ether oxygens (including phenoxy) is 2. The lowest BCUT2D eigenvalue weighted by molar-refractivity contribution is -0.132. The maximum atomic E-state index is 12.7. The Hall–Kier alpha value is -2.86. The second-order valence-corrected chi connectivity index (χ2v) is 8.17. The largest absolute Gasteiger partial charge is 0.445 e. The number of rotatable bonds is 6. The molecule has 0 bridgehead atoms. The van der Waals surface area contributed by atoms with Crippen LogP contribution in [0.15, 0.2) is 54.6 Å². The molecule has 1 unspecified atom stereocenters. The highest BCUT2D eigenvalue weighted by Crippen LogP contribution is 2.29. The van der Waals surface area contributed by atoms with Gasteiger partial charge in [-0.1, -0.05) is 48.5 Å². The highest BCUT2D eigenvalue weighted by atomic mass is 16.5. The molecule has 3 rings (SSSR count). The topological polar surface area (TPSA) is 76.7 Å². The van der Waals surface area contributed by atoms with Crippen LogP contribution in [-0.2, 0) is 27.3 Å². The number of alkyl carbamates (subject to hydrolysis) is 1. The Morgan fingerprint density at radius 3 is 2.55 bits per heavy atom. The summed E-state index contributed by atoms with van der Waals surface area (Å²) in [6.45, 7) is 6.17. The van der Waals surface area contributed by atoms with Crippen LogP contribution in [0.25, 0.3) is 0 Å². The van der Waals surface area contributed by atoms with Crippen molar-refractivity contribution in [1.29, 1.82) is 0 Å². The van der Waals surface area contributed by atoms with Crippen molar-refractivity contribution in [1.82, 2.24) is 5.32 Å². The van der Waals surface area contributed by atoms with Crippen molar-refractivity contribution in [2.24, 2.45) is 5.92 Å². The van der Waals surface area contributed by atoms with Gasteiger partial charge in [-0.15, -0.1) is 0 Å². The van der Waals surface area contributed by atoms with Gasteiger partial charge in [0.2, 0.25) is 5.91 Å². The van der Waals surface area contributed by atoms with Crippen LogP contribution < -0.4 is 10.6 Å². The van der Waals surface area contributed by atoms with Gasteiger partial charge in [0.05, 0.1) is 17.6 Å². The molecular weight excluding hydrogens is 368 g/mol. The first kappa shape index (κ1) is 20.9. The van der Waals surface area contributed by atoms with Crippen LogP contribution in [0.4, 0.5) is 10.5 Å². The molecule has 0 radical (unpaired) electrons. The van der Waals surface area contributed by atoms with Crippen molar-refractivity contribution in [2.45, 2.75) is 45.5 Å². The average Bonchev–Trinajstić information content (AvgIpc) is 2.69. The summed E-state index contributed by atoms with van der Waals surface area (Å²) >= 11 is 0. The molecule has 29 heavy (non-hydrogen) atoms. The summed E-state index contributed by atoms with van der Waals surface area (Å²) in [7, 11) is 0. The van der Waals surface area contributed by atoms with E-state index in [4.69, 9.17) is 9.47 Å². The van der Waals surface area contributed by atoms with E-state index in [1.807, 2.05) is 75.4 Å². The molecule has 0 aromatic heterocycles. The Morgan fingerprint density at radius 2 is 1.83 bits per heavy atom. The lowest BCUT2D eigenvalue weighted by Crippen LogP contribution is -2.48. The fourth-order valence-electron chi connectivity index (χ4n) is 3.35. The summed E-state index contributed by atoms with van der Waals surface area (Å²) in [6.07, 6.45) is -0.454. The van der Waals surface area contributed by atoms with Gasteiger partial charge in [-0.3, -0.25) is 4.79 Å². The van der Waals surface area contributed by atoms with Gasteiger partial charge < -0.3 is 20.1 Å². The highest BCUT2D eigenvalue weighted by Gasteiger charge is 2.36. The van der Waals surface area contributed by atoms with Crippen LogP contribution >= 0.6 is 0 Å². The fourth-order valence-corrected chi connectivity index (χ4v) is 3.35. The molecule has 1 aliphatic rings. The first-order chi connectivity index (χ1) is 13.8. The van der Waals surface area contributed by atoms with Crippen molar-refractivity contribution in [3.63, 3.8) is 0 Å². The molecule has 2 aromatic carbocycles. The van der Waals surface area contributed by atoms with Crippen LogP contribution in [0.1, 0.15) is 31.9 Å². The quantitative estimate of drug-likeness (QED) is 0.776. The van der Waals surface area contributed by atoms with Crippen molar-refractivity contribution >= 4 is 17.7 Å². The Kier molecular flexibility index (Phi) is 6.54. The lowest BCUT2D eigenvalue weighted by atomic mass is 9.88. The number of anilines is 1. The zero-order valence-corrected chi connectivity index (χ0v) is 17.1. The van der Waals surface area contributed by atoms with E-state index in [9.17, 15) is 9.59 Å². The minimum absolute atomic E-state index is 0.0996. The molecule has 6 heteroatoms. The van der Waals surface area contributed by atoms with E-state index in [1.54, 1.807) is 0 Å². The van der Waals surface area contributed by atoms with Gasteiger partial charge >= 0.3 is 6.09 Å². The molecular formula is C23H28N2O4. The predicted octanol–water partition coefficient (Wildman–Crippen LogP) is 3.91. The van der Waals surface area contributed by atoms with E-state index >= 15 is 0 Å². The van der Waals surface area contributed by atoms with Crippen molar-refractivity contribution in [2.75, 3.05) is 11.9 Å². The van der Waals surface area contributed by atoms with E-state index in [2.05, 4.69) is 10.6 Å². The molecule has 1 heterocycles. The minimum Gasteiger partial charge on any atom is -0.445 e. The number of para-hydroxylation sites is 1. The molecule has 0 spiro atoms. The third kappa shape index (κ3) is 6.06. The molecule has 0 fully saturated rings. The Balaban J connectivity index is 1.63. The molecule has 0 aliphatic carbocycles. The molecule has 0 saturated carbocycles. The predicted molar refractivity (Wildman–Crippen MR) is 112 cm³/mol. The molecule has 2 amide bonds. The van der Waals surface area contributed by atoms with Gasteiger partial charge in [-0.2, -0.15) is 0 Å². The van der Waals surface area contributed by atoms with E-state index in [0.29, 0.717) is 6.42 Å². The van der Waals surface area contributed by atoms with Gasteiger partial charge in [0.1, 0.15) is 6.61 Å². The molecule has 0 saturated heterocycles. The number of hydrogen-bond donors (Lipinski definition) is 2. The summed E-state index contributed by atoms with van der Waals surface area (Å²) in [5.41, 5.74) is 2.34. The third-order valence-electron chi connectivity index (χ3n) is 4.67. The second kappa shape index (κ2) is 9.09. The van der Waals surface area contributed by atoms with Crippen LogP contribution in [0.3, 0.4) is 0 Å². The Bertz CT molecular complexity index is 845. The molecule has 154 valence electrons. The summed E-state index contributed by atoms with van der Waals surface area (Å²) in [5, 5.41) is 5.70. The number of benzene rings is 2. The summed E-state index contributed by atoms with van der Waals surface area (Å²) in [6, 6.07) is 17.2. The molecule has 1 aliphatic heterocycles. The smallest absolute Gasteiger partial charge is 0.407 e. The van der Waals surface area contributed by atoms with Crippen molar-refractivity contribution in [3.05, 3.63) is 65.7 Å². The third-order valence-corrected chi connectivity index (χ3v) is 4.67. The monoisotopic (exact) mass is 396 g/mol. The maximum absolute atomic E-state index is 12.7. The van der Waals surface area contributed by atoms with Gasteiger partial charge in [-0.05, 0) is 44.4 Å². The zero-order chi connectivity index (χ0) is 20.9. The Morgan fingerprint density at radius 1 is 1.14 bits per heavy atom. The highest BCUT2D eigenvalue weighted by molar-refractivity contribution is 5.96. The molecule has 2 atom stereocenters. The van der Waals surface area contributed by atoms with E-state index in [-0.39, 0.29) is 19.1 Å². The minimum atomic E-state index is -0.534. The summed E-state index contributed by atoms with van der Waals surface area (Å²) in [5.74, 6) is -0.504. The fraction of sp³-hybridized carbons (Fsp3) is 0.391. The van der Waals surface area contributed by atoms with Crippen molar-refractivity contribution < 1.29 is 19.1 Å². The lowest BCUT2D eigenvalue weighted by Gasteiger charge is -2.35. The molecule has 2 aromatic rings. The average molecular weight is 396 g/mol. The number of fused-ring (bicyclic) bond motifs is 1. The number of amides is 2. The van der Waals surface area contributed by atoms with Gasteiger partial charge in [0.25, 0.3) is 0 Å². The first-order valence-electron chi connectivity index (χ1n) is 9.83. The second-order valence-electron chi connectivity index (χ2n) is 8.17. The van der Waals surface area contributed by atoms with Gasteiger partial charge in [-0.25, -0.2) is 4.79 Å². The van der Waals surface area contributed by atoms with Crippen LogP contribution in [0, 0.1) is 5.92 Å². The van der Waals surface area contributed by atoms with Gasteiger partial charge in [0, 0.05) is 12.2 Å².